The molecule has 0 spiro atoms. The number of nitrogens with zero attached hydrogens (tertiary/aromatic N) is 1. The fourth-order valence-corrected chi connectivity index (χ4v) is 2.94. The lowest BCUT2D eigenvalue weighted by molar-refractivity contribution is -0.131. The van der Waals surface area contributed by atoms with Crippen LogP contribution in [0.15, 0.2) is 0 Å². The Balaban J connectivity index is 0.00000180. The molecule has 0 aliphatic carbocycles. The summed E-state index contributed by atoms with van der Waals surface area (Å²) in [7, 11) is 0. The van der Waals surface area contributed by atoms with Gasteiger partial charge in [0.25, 0.3) is 0 Å². The maximum Gasteiger partial charge on any atom is 0.222 e. The standard InChI is InChI=1S/C14H26N2O2.ClH/c1-11-3-4-12(18-11)5-6-13(17)16-8-7-14(2,9-15)10-16;/h11-12H,3-10,15H2,1-2H3;1H. The third kappa shape index (κ3) is 4.33. The first-order valence-electron chi connectivity index (χ1n) is 7.16. The molecule has 2 saturated heterocycles. The number of amides is 1. The number of carbonyl (C=O) groups excluding carboxylic acids is 1. The van der Waals surface area contributed by atoms with E-state index in [4.69, 9.17) is 10.5 Å². The summed E-state index contributed by atoms with van der Waals surface area (Å²) in [5, 5.41) is 0. The van der Waals surface area contributed by atoms with Crippen LogP contribution in [-0.2, 0) is 9.53 Å². The van der Waals surface area contributed by atoms with E-state index in [0.717, 1.165) is 38.8 Å². The van der Waals surface area contributed by atoms with Crippen molar-refractivity contribution in [3.63, 3.8) is 0 Å². The first-order valence-corrected chi connectivity index (χ1v) is 7.16. The van der Waals surface area contributed by atoms with Crippen LogP contribution in [0.5, 0.6) is 0 Å². The Hall–Kier alpha value is -0.320. The molecular formula is C14H27ClN2O2. The van der Waals surface area contributed by atoms with Crippen LogP contribution in [0.1, 0.15) is 46.0 Å². The van der Waals surface area contributed by atoms with Gasteiger partial charge >= 0.3 is 0 Å². The molecule has 19 heavy (non-hydrogen) atoms. The molecule has 0 radical (unpaired) electrons. The zero-order valence-corrected chi connectivity index (χ0v) is 12.9. The summed E-state index contributed by atoms with van der Waals surface area (Å²) < 4.78 is 5.75. The van der Waals surface area contributed by atoms with Crippen LogP contribution < -0.4 is 5.73 Å². The smallest absolute Gasteiger partial charge is 0.222 e. The third-order valence-electron chi connectivity index (χ3n) is 4.40. The van der Waals surface area contributed by atoms with Crippen molar-refractivity contribution in [1.29, 1.82) is 0 Å². The number of halogens is 1. The molecule has 0 aromatic carbocycles. The fourth-order valence-electron chi connectivity index (χ4n) is 2.94. The third-order valence-corrected chi connectivity index (χ3v) is 4.40. The lowest BCUT2D eigenvalue weighted by Gasteiger charge is -2.23. The number of nitrogens with two attached hydrogens (primary N) is 1. The normalized spacial score (nSPS) is 34.4. The molecule has 2 heterocycles. The van der Waals surface area contributed by atoms with Gasteiger partial charge in [-0.3, -0.25) is 4.79 Å². The van der Waals surface area contributed by atoms with E-state index in [1.54, 1.807) is 0 Å². The van der Waals surface area contributed by atoms with E-state index in [1.807, 2.05) is 4.90 Å². The minimum absolute atomic E-state index is 0. The lowest BCUT2D eigenvalue weighted by Crippen LogP contribution is -2.34. The van der Waals surface area contributed by atoms with Crippen LogP contribution in [0.2, 0.25) is 0 Å². The highest BCUT2D eigenvalue weighted by atomic mass is 35.5. The number of likely N-dealkylation sites (tertiary alicyclic amines) is 1. The molecule has 4 nitrogen and oxygen atoms in total. The second-order valence-corrected chi connectivity index (χ2v) is 6.26. The van der Waals surface area contributed by atoms with Crippen molar-refractivity contribution in [3.05, 3.63) is 0 Å². The van der Waals surface area contributed by atoms with Crippen molar-refractivity contribution in [3.8, 4) is 0 Å². The quantitative estimate of drug-likeness (QED) is 0.861. The van der Waals surface area contributed by atoms with Crippen LogP contribution in [0.4, 0.5) is 0 Å². The molecule has 2 aliphatic rings. The molecule has 0 aromatic rings. The Morgan fingerprint density at radius 3 is 2.74 bits per heavy atom. The Bertz CT molecular complexity index is 314. The van der Waals surface area contributed by atoms with E-state index < -0.39 is 0 Å². The van der Waals surface area contributed by atoms with Crippen molar-refractivity contribution in [2.45, 2.75) is 58.2 Å². The molecule has 0 bridgehead atoms. The van der Waals surface area contributed by atoms with Crippen LogP contribution in [0.3, 0.4) is 0 Å². The van der Waals surface area contributed by atoms with Crippen molar-refractivity contribution < 1.29 is 9.53 Å². The van der Waals surface area contributed by atoms with E-state index in [2.05, 4.69) is 13.8 Å². The number of hydrogen-bond donors (Lipinski definition) is 1. The SMILES string of the molecule is CC1CCC(CCC(=O)N2CCC(C)(CN)C2)O1.Cl. The number of hydrogen-bond acceptors (Lipinski definition) is 3. The molecule has 2 rings (SSSR count). The lowest BCUT2D eigenvalue weighted by atomic mass is 9.90. The van der Waals surface area contributed by atoms with Crippen molar-refractivity contribution >= 4 is 18.3 Å². The summed E-state index contributed by atoms with van der Waals surface area (Å²) in [6, 6.07) is 0. The van der Waals surface area contributed by atoms with Crippen LogP contribution in [0, 0.1) is 5.41 Å². The average molecular weight is 291 g/mol. The zero-order valence-electron chi connectivity index (χ0n) is 12.1. The maximum absolute atomic E-state index is 12.1. The first-order chi connectivity index (χ1) is 8.52. The van der Waals surface area contributed by atoms with E-state index in [0.29, 0.717) is 25.2 Å². The maximum atomic E-state index is 12.1. The van der Waals surface area contributed by atoms with Crippen LogP contribution in [0.25, 0.3) is 0 Å². The molecule has 5 heteroatoms. The topological polar surface area (TPSA) is 55.6 Å². The number of ether oxygens (including phenoxy) is 1. The summed E-state index contributed by atoms with van der Waals surface area (Å²) in [4.78, 5) is 14.1. The minimum Gasteiger partial charge on any atom is -0.375 e. The van der Waals surface area contributed by atoms with Gasteiger partial charge in [-0.15, -0.1) is 12.4 Å². The second kappa shape index (κ2) is 6.91. The second-order valence-electron chi connectivity index (χ2n) is 6.26. The number of rotatable bonds is 4. The summed E-state index contributed by atoms with van der Waals surface area (Å²) in [6.07, 6.45) is 5.44. The van der Waals surface area contributed by atoms with Gasteiger partial charge in [-0.25, -0.2) is 0 Å². The van der Waals surface area contributed by atoms with Gasteiger partial charge in [-0.05, 0) is 44.6 Å². The highest BCUT2D eigenvalue weighted by molar-refractivity contribution is 5.85. The summed E-state index contributed by atoms with van der Waals surface area (Å²) in [5.74, 6) is 0.273. The Morgan fingerprint density at radius 1 is 1.47 bits per heavy atom. The van der Waals surface area contributed by atoms with E-state index >= 15 is 0 Å². The average Bonchev–Trinajstić information content (AvgIpc) is 2.94. The molecule has 1 amide bonds. The van der Waals surface area contributed by atoms with E-state index in [9.17, 15) is 4.79 Å². The zero-order chi connectivity index (χ0) is 13.2. The Morgan fingerprint density at radius 2 is 2.21 bits per heavy atom. The van der Waals surface area contributed by atoms with Crippen LogP contribution >= 0.6 is 12.4 Å². The van der Waals surface area contributed by atoms with Gasteiger partial charge in [0.2, 0.25) is 5.91 Å². The molecule has 0 saturated carbocycles. The van der Waals surface area contributed by atoms with Gasteiger partial charge in [0, 0.05) is 19.5 Å². The van der Waals surface area contributed by atoms with Crippen molar-refractivity contribution in [1.82, 2.24) is 4.90 Å². The van der Waals surface area contributed by atoms with Gasteiger partial charge in [0.15, 0.2) is 0 Å². The Labute approximate surface area is 122 Å². The highest BCUT2D eigenvalue weighted by Gasteiger charge is 2.35. The molecule has 2 fully saturated rings. The molecule has 2 N–H and O–H groups in total. The molecule has 112 valence electrons. The van der Waals surface area contributed by atoms with Crippen molar-refractivity contribution in [2.24, 2.45) is 11.1 Å². The van der Waals surface area contributed by atoms with Gasteiger partial charge in [-0.1, -0.05) is 6.92 Å². The molecule has 3 atom stereocenters. The fraction of sp³-hybridized carbons (Fsp3) is 0.929. The summed E-state index contributed by atoms with van der Waals surface area (Å²) in [5.41, 5.74) is 5.89. The van der Waals surface area contributed by atoms with Gasteiger partial charge < -0.3 is 15.4 Å². The highest BCUT2D eigenvalue weighted by Crippen LogP contribution is 2.29. The van der Waals surface area contributed by atoms with Crippen molar-refractivity contribution in [2.75, 3.05) is 19.6 Å². The van der Waals surface area contributed by atoms with Crippen LogP contribution in [-0.4, -0.2) is 42.6 Å². The van der Waals surface area contributed by atoms with Gasteiger partial charge in [0.05, 0.1) is 12.2 Å². The summed E-state index contributed by atoms with van der Waals surface area (Å²) >= 11 is 0. The van der Waals surface area contributed by atoms with E-state index in [-0.39, 0.29) is 23.7 Å². The molecular weight excluding hydrogens is 264 g/mol. The van der Waals surface area contributed by atoms with Gasteiger partial charge in [-0.2, -0.15) is 0 Å². The molecule has 0 aromatic heterocycles. The monoisotopic (exact) mass is 290 g/mol. The predicted octanol–water partition coefficient (Wildman–Crippen LogP) is 1.95. The minimum atomic E-state index is 0. The summed E-state index contributed by atoms with van der Waals surface area (Å²) in [6.45, 7) is 6.63. The number of carbonyl (C=O) groups is 1. The molecule has 3 unspecified atom stereocenters. The largest absolute Gasteiger partial charge is 0.375 e. The molecule has 2 aliphatic heterocycles. The Kier molecular flexibility index (Phi) is 6.09. The van der Waals surface area contributed by atoms with E-state index in [1.165, 1.54) is 0 Å². The van der Waals surface area contributed by atoms with Gasteiger partial charge in [0.1, 0.15) is 0 Å². The first kappa shape index (κ1) is 16.7. The predicted molar refractivity (Wildman–Crippen MR) is 78.4 cm³/mol.